The SMILES string of the molecule is CCC(OC(=O)c1ccccc1-c1nc2ccccc2o1)C(=O)Nc1nc(-c2ccc(Br)cc2)cs1. The van der Waals surface area contributed by atoms with Crippen LogP contribution < -0.4 is 5.32 Å². The van der Waals surface area contributed by atoms with Crippen LogP contribution in [0.2, 0.25) is 0 Å². The summed E-state index contributed by atoms with van der Waals surface area (Å²) in [6, 6.07) is 22.0. The summed E-state index contributed by atoms with van der Waals surface area (Å²) in [7, 11) is 0. The zero-order valence-electron chi connectivity index (χ0n) is 19.1. The van der Waals surface area contributed by atoms with Crippen LogP contribution in [0.1, 0.15) is 23.7 Å². The predicted molar refractivity (Wildman–Crippen MR) is 143 cm³/mol. The maximum Gasteiger partial charge on any atom is 0.339 e. The van der Waals surface area contributed by atoms with Crippen molar-refractivity contribution in [3.63, 3.8) is 0 Å². The van der Waals surface area contributed by atoms with E-state index in [9.17, 15) is 9.59 Å². The number of ether oxygens (including phenoxy) is 1. The number of thiazole rings is 1. The number of carbonyl (C=O) groups is 2. The maximum absolute atomic E-state index is 13.1. The van der Waals surface area contributed by atoms with Crippen molar-refractivity contribution in [1.29, 1.82) is 0 Å². The molecule has 1 amide bonds. The number of anilines is 1. The quantitative estimate of drug-likeness (QED) is 0.216. The van der Waals surface area contributed by atoms with Gasteiger partial charge in [-0.15, -0.1) is 11.3 Å². The smallest absolute Gasteiger partial charge is 0.339 e. The van der Waals surface area contributed by atoms with E-state index in [0.717, 1.165) is 15.7 Å². The normalized spacial score (nSPS) is 11.8. The average Bonchev–Trinajstić information content (AvgIpc) is 3.54. The van der Waals surface area contributed by atoms with Crippen LogP contribution in [0.25, 0.3) is 33.8 Å². The van der Waals surface area contributed by atoms with Gasteiger partial charge in [-0.25, -0.2) is 14.8 Å². The summed E-state index contributed by atoms with van der Waals surface area (Å²) in [4.78, 5) is 35.0. The van der Waals surface area contributed by atoms with Crippen molar-refractivity contribution < 1.29 is 18.7 Å². The Morgan fingerprint density at radius 3 is 2.56 bits per heavy atom. The molecule has 0 radical (unpaired) electrons. The van der Waals surface area contributed by atoms with Gasteiger partial charge in [0.25, 0.3) is 5.91 Å². The van der Waals surface area contributed by atoms with Crippen molar-refractivity contribution in [3.05, 3.63) is 88.2 Å². The molecule has 5 aromatic rings. The van der Waals surface area contributed by atoms with Crippen molar-refractivity contribution in [1.82, 2.24) is 9.97 Å². The molecule has 7 nitrogen and oxygen atoms in total. The molecule has 0 saturated carbocycles. The molecule has 0 aliphatic heterocycles. The van der Waals surface area contributed by atoms with Crippen LogP contribution in [0.15, 0.2) is 87.1 Å². The zero-order chi connectivity index (χ0) is 25.1. The number of benzene rings is 3. The van der Waals surface area contributed by atoms with Crippen LogP contribution >= 0.6 is 27.3 Å². The van der Waals surface area contributed by atoms with Crippen LogP contribution in [-0.4, -0.2) is 27.9 Å². The first kappa shape index (κ1) is 23.9. The standard InChI is InChI=1S/C27H20BrN3O4S/c1-2-22(24(32)31-27-30-21(15-36-27)16-11-13-17(28)14-12-16)35-26(33)19-8-4-3-7-18(19)25-29-20-9-5-6-10-23(20)34-25/h3-15,22H,2H2,1H3,(H,30,31,32). The van der Waals surface area contributed by atoms with Crippen LogP contribution in [0.4, 0.5) is 5.13 Å². The second kappa shape index (κ2) is 10.4. The van der Waals surface area contributed by atoms with Crippen LogP contribution in [0.5, 0.6) is 0 Å². The molecule has 1 unspecified atom stereocenters. The molecule has 5 rings (SSSR count). The molecule has 0 spiro atoms. The fraction of sp³-hybridized carbons (Fsp3) is 0.111. The Morgan fingerprint density at radius 1 is 1.03 bits per heavy atom. The number of oxazole rings is 1. The lowest BCUT2D eigenvalue weighted by Gasteiger charge is -2.16. The van der Waals surface area contributed by atoms with Gasteiger partial charge < -0.3 is 9.15 Å². The zero-order valence-corrected chi connectivity index (χ0v) is 21.5. The largest absolute Gasteiger partial charge is 0.449 e. The third kappa shape index (κ3) is 5.07. The van der Waals surface area contributed by atoms with E-state index in [1.54, 1.807) is 31.2 Å². The minimum Gasteiger partial charge on any atom is -0.449 e. The van der Waals surface area contributed by atoms with Gasteiger partial charge in [0, 0.05) is 15.4 Å². The van der Waals surface area contributed by atoms with Crippen LogP contribution in [0, 0.1) is 0 Å². The Balaban J connectivity index is 1.31. The number of amides is 1. The maximum atomic E-state index is 13.1. The Hall–Kier alpha value is -3.82. The number of nitrogens with one attached hydrogen (secondary N) is 1. The van der Waals surface area contributed by atoms with Crippen LogP contribution in [-0.2, 0) is 9.53 Å². The van der Waals surface area contributed by atoms with Gasteiger partial charge in [-0.3, -0.25) is 10.1 Å². The third-order valence-electron chi connectivity index (χ3n) is 5.46. The van der Waals surface area contributed by atoms with E-state index in [0.29, 0.717) is 34.1 Å². The van der Waals surface area contributed by atoms with Crippen LogP contribution in [0.3, 0.4) is 0 Å². The minimum absolute atomic E-state index is 0.266. The van der Waals surface area contributed by atoms with Crippen molar-refractivity contribution >= 4 is 55.4 Å². The minimum atomic E-state index is -0.991. The molecular weight excluding hydrogens is 542 g/mol. The monoisotopic (exact) mass is 561 g/mol. The summed E-state index contributed by atoms with van der Waals surface area (Å²) >= 11 is 4.72. The molecule has 1 atom stereocenters. The second-order valence-electron chi connectivity index (χ2n) is 7.87. The summed E-state index contributed by atoms with van der Waals surface area (Å²) in [5.41, 5.74) is 3.75. The first-order valence-electron chi connectivity index (χ1n) is 11.2. The molecule has 2 aromatic heterocycles. The average molecular weight is 562 g/mol. The number of rotatable bonds is 7. The summed E-state index contributed by atoms with van der Waals surface area (Å²) < 4.78 is 12.4. The molecule has 0 fully saturated rings. The van der Waals surface area contributed by atoms with E-state index < -0.39 is 18.0 Å². The lowest BCUT2D eigenvalue weighted by molar-refractivity contribution is -0.124. The van der Waals surface area contributed by atoms with E-state index in [1.165, 1.54) is 11.3 Å². The highest BCUT2D eigenvalue weighted by Gasteiger charge is 2.25. The number of aromatic nitrogens is 2. The van der Waals surface area contributed by atoms with E-state index in [4.69, 9.17) is 9.15 Å². The highest BCUT2D eigenvalue weighted by molar-refractivity contribution is 9.10. The summed E-state index contributed by atoms with van der Waals surface area (Å²) in [5, 5.41) is 5.06. The third-order valence-corrected chi connectivity index (χ3v) is 6.74. The molecular formula is C27H20BrN3O4S. The van der Waals surface area contributed by atoms with Gasteiger partial charge in [-0.1, -0.05) is 59.3 Å². The fourth-order valence-corrected chi connectivity index (χ4v) is 4.61. The van der Waals surface area contributed by atoms with Gasteiger partial charge in [0.15, 0.2) is 16.8 Å². The Morgan fingerprint density at radius 2 is 1.78 bits per heavy atom. The Kier molecular flexibility index (Phi) is 6.92. The molecule has 9 heteroatoms. The molecule has 0 aliphatic carbocycles. The number of hydrogen-bond acceptors (Lipinski definition) is 7. The van der Waals surface area contributed by atoms with E-state index in [2.05, 4.69) is 31.2 Å². The number of nitrogens with zero attached hydrogens (tertiary/aromatic N) is 2. The molecule has 3 aromatic carbocycles. The van der Waals surface area contributed by atoms with E-state index in [-0.39, 0.29) is 5.56 Å². The Labute approximate surface area is 219 Å². The van der Waals surface area contributed by atoms with Gasteiger partial charge in [-0.2, -0.15) is 0 Å². The first-order valence-corrected chi connectivity index (χ1v) is 12.9. The number of para-hydroxylation sites is 2. The summed E-state index contributed by atoms with van der Waals surface area (Å²) in [5.74, 6) is -0.768. The number of esters is 1. The van der Waals surface area contributed by atoms with Crippen molar-refractivity contribution in [2.24, 2.45) is 0 Å². The summed E-state index contributed by atoms with van der Waals surface area (Å²) in [6.07, 6.45) is -0.692. The van der Waals surface area contributed by atoms with E-state index in [1.807, 2.05) is 53.9 Å². The molecule has 0 saturated heterocycles. The highest BCUT2D eigenvalue weighted by atomic mass is 79.9. The predicted octanol–water partition coefficient (Wildman–Crippen LogP) is 6.95. The number of fused-ring (bicyclic) bond motifs is 1. The Bertz CT molecular complexity index is 1510. The summed E-state index contributed by atoms with van der Waals surface area (Å²) in [6.45, 7) is 1.78. The number of halogens is 1. The first-order chi connectivity index (χ1) is 17.5. The lowest BCUT2D eigenvalue weighted by atomic mass is 10.1. The molecule has 36 heavy (non-hydrogen) atoms. The van der Waals surface area contributed by atoms with Gasteiger partial charge in [0.2, 0.25) is 5.89 Å². The number of hydrogen-bond donors (Lipinski definition) is 1. The highest BCUT2D eigenvalue weighted by Crippen LogP contribution is 2.29. The fourth-order valence-electron chi connectivity index (χ4n) is 3.62. The molecule has 180 valence electrons. The molecule has 2 heterocycles. The van der Waals surface area contributed by atoms with Gasteiger partial charge >= 0.3 is 5.97 Å². The van der Waals surface area contributed by atoms with E-state index >= 15 is 0 Å². The molecule has 1 N–H and O–H groups in total. The number of carbonyl (C=O) groups excluding carboxylic acids is 2. The lowest BCUT2D eigenvalue weighted by Crippen LogP contribution is -2.32. The van der Waals surface area contributed by atoms with Crippen molar-refractivity contribution in [3.8, 4) is 22.7 Å². The second-order valence-corrected chi connectivity index (χ2v) is 9.64. The van der Waals surface area contributed by atoms with Gasteiger partial charge in [0.05, 0.1) is 16.8 Å². The topological polar surface area (TPSA) is 94.3 Å². The van der Waals surface area contributed by atoms with Gasteiger partial charge in [0.1, 0.15) is 5.52 Å². The molecule has 0 bridgehead atoms. The van der Waals surface area contributed by atoms with Crippen molar-refractivity contribution in [2.75, 3.05) is 5.32 Å². The van der Waals surface area contributed by atoms with Gasteiger partial charge in [-0.05, 0) is 42.8 Å². The van der Waals surface area contributed by atoms with Crippen molar-refractivity contribution in [2.45, 2.75) is 19.4 Å². The molecule has 0 aliphatic rings.